The highest BCUT2D eigenvalue weighted by molar-refractivity contribution is 5.65. The Hall–Kier alpha value is -3.49. The fourth-order valence-corrected chi connectivity index (χ4v) is 4.65. The number of aromatic amines is 1. The lowest BCUT2D eigenvalue weighted by molar-refractivity contribution is -0.394. The number of fused-ring (bicyclic) bond motifs is 7. The van der Waals surface area contributed by atoms with E-state index >= 15 is 0 Å². The highest BCUT2D eigenvalue weighted by Gasteiger charge is 2.14. The van der Waals surface area contributed by atoms with Crippen molar-refractivity contribution in [1.29, 1.82) is 0 Å². The number of nitrogens with zero attached hydrogens (tertiary/aromatic N) is 3. The molecule has 2 aromatic heterocycles. The van der Waals surface area contributed by atoms with E-state index in [9.17, 15) is 0 Å². The quantitative estimate of drug-likeness (QED) is 0.399. The lowest BCUT2D eigenvalue weighted by atomic mass is 10.1. The van der Waals surface area contributed by atoms with E-state index in [1.807, 2.05) is 49.7 Å². The third-order valence-corrected chi connectivity index (χ3v) is 6.59. The summed E-state index contributed by atoms with van der Waals surface area (Å²) in [6.07, 6.45) is 12.3. The summed E-state index contributed by atoms with van der Waals surface area (Å²) in [5.74, 6) is 2.10. The molecule has 0 atom stereocenters. The number of H-pyrrole nitrogens is 1. The first-order valence-corrected chi connectivity index (χ1v) is 13.2. The van der Waals surface area contributed by atoms with E-state index in [-0.39, 0.29) is 0 Å². The third-order valence-electron chi connectivity index (χ3n) is 6.59. The Balaban J connectivity index is 1.36. The fraction of sp³-hybridized carbons (Fsp3) is 0.414. The van der Waals surface area contributed by atoms with Crippen LogP contribution in [0.4, 0.5) is 11.6 Å². The highest BCUT2D eigenvalue weighted by Crippen LogP contribution is 2.28. The minimum atomic E-state index is 0.456. The molecule has 4 heterocycles. The number of aryl methyl sites for hydroxylation is 1. The molecule has 1 saturated heterocycles. The molecule has 37 heavy (non-hydrogen) atoms. The van der Waals surface area contributed by atoms with Crippen molar-refractivity contribution in [2.75, 3.05) is 44.8 Å². The summed E-state index contributed by atoms with van der Waals surface area (Å²) in [6, 6.07) is 10.0. The average molecular weight is 503 g/mol. The van der Waals surface area contributed by atoms with Crippen LogP contribution in [-0.4, -0.2) is 54.3 Å². The number of aromatic nitrogens is 3. The molecule has 1 fully saturated rings. The summed E-state index contributed by atoms with van der Waals surface area (Å²) in [4.78, 5) is 15.0. The van der Waals surface area contributed by atoms with Gasteiger partial charge in [0.25, 0.3) is 0 Å². The van der Waals surface area contributed by atoms with E-state index in [1.54, 1.807) is 0 Å². The Morgan fingerprint density at radius 1 is 1.14 bits per heavy atom. The Bertz CT molecular complexity index is 1210. The molecule has 2 N–H and O–H groups in total. The number of rotatable bonds is 5. The number of hydrogen-bond donors (Lipinski definition) is 1. The minimum absolute atomic E-state index is 0.456. The second kappa shape index (κ2) is 12.7. The maximum Gasteiger partial charge on any atom is 0.366 e. The van der Waals surface area contributed by atoms with Gasteiger partial charge in [0.05, 0.1) is 38.2 Å². The maximum absolute atomic E-state index is 6.19. The van der Waals surface area contributed by atoms with Gasteiger partial charge >= 0.3 is 5.88 Å². The van der Waals surface area contributed by atoms with Crippen molar-refractivity contribution < 1.29 is 19.2 Å². The van der Waals surface area contributed by atoms with Crippen LogP contribution in [0.2, 0.25) is 0 Å². The van der Waals surface area contributed by atoms with Gasteiger partial charge in [0.2, 0.25) is 5.95 Å². The topological polar surface area (TPSA) is 82.9 Å². The highest BCUT2D eigenvalue weighted by atomic mass is 16.5. The molecule has 0 unspecified atom stereocenters. The van der Waals surface area contributed by atoms with Gasteiger partial charge in [-0.1, -0.05) is 12.2 Å². The number of anilines is 2. The van der Waals surface area contributed by atoms with Gasteiger partial charge in [0.15, 0.2) is 6.20 Å². The molecule has 0 saturated carbocycles. The minimum Gasteiger partial charge on any atom is -0.493 e. The largest absolute Gasteiger partial charge is 0.493 e. The molecule has 0 aliphatic carbocycles. The van der Waals surface area contributed by atoms with Crippen molar-refractivity contribution in [2.45, 2.75) is 39.2 Å². The van der Waals surface area contributed by atoms with Crippen LogP contribution in [0.25, 0.3) is 11.3 Å². The molecule has 0 radical (unpaired) electrons. The van der Waals surface area contributed by atoms with Crippen molar-refractivity contribution in [3.8, 4) is 22.9 Å². The van der Waals surface area contributed by atoms with Crippen molar-refractivity contribution in [1.82, 2.24) is 14.9 Å². The summed E-state index contributed by atoms with van der Waals surface area (Å²) in [5, 5.41) is 3.36. The monoisotopic (exact) mass is 502 g/mol. The zero-order valence-corrected chi connectivity index (χ0v) is 21.5. The summed E-state index contributed by atoms with van der Waals surface area (Å²) in [6.45, 7) is 7.78. The van der Waals surface area contributed by atoms with Gasteiger partial charge in [-0.25, -0.2) is 9.97 Å². The summed E-state index contributed by atoms with van der Waals surface area (Å²) < 4.78 is 18.1. The van der Waals surface area contributed by atoms with Crippen molar-refractivity contribution in [3.63, 3.8) is 0 Å². The lowest BCUT2D eigenvalue weighted by Gasteiger charge is -2.17. The van der Waals surface area contributed by atoms with E-state index in [4.69, 9.17) is 19.2 Å². The number of nitrogens with one attached hydrogen (secondary N) is 2. The van der Waals surface area contributed by atoms with Gasteiger partial charge < -0.3 is 24.4 Å². The molecule has 8 heteroatoms. The average Bonchev–Trinajstić information content (AvgIpc) is 3.43. The van der Waals surface area contributed by atoms with Crippen LogP contribution in [0, 0.1) is 6.92 Å². The van der Waals surface area contributed by atoms with E-state index in [2.05, 4.69) is 32.3 Å². The van der Waals surface area contributed by atoms with Gasteiger partial charge in [0, 0.05) is 35.6 Å². The van der Waals surface area contributed by atoms with Crippen LogP contribution in [0.15, 0.2) is 54.9 Å². The van der Waals surface area contributed by atoms with Crippen LogP contribution in [0.5, 0.6) is 11.6 Å². The van der Waals surface area contributed by atoms with E-state index in [0.717, 1.165) is 53.2 Å². The fourth-order valence-electron chi connectivity index (χ4n) is 4.65. The summed E-state index contributed by atoms with van der Waals surface area (Å²) in [7, 11) is 0. The van der Waals surface area contributed by atoms with Gasteiger partial charge in [0.1, 0.15) is 5.75 Å². The van der Waals surface area contributed by atoms with Crippen molar-refractivity contribution >= 4 is 11.6 Å². The SMILES string of the molecule is Cc1cnc2nc1-c1cc[nH+]c(c1)OCC/C=C/COCc1cc(ccc1OCCCN1CCCC1)N2. The van der Waals surface area contributed by atoms with Gasteiger partial charge in [-0.3, -0.25) is 0 Å². The molecule has 2 aliphatic heterocycles. The van der Waals surface area contributed by atoms with Crippen LogP contribution in [-0.2, 0) is 11.3 Å². The standard InChI is InChI=1S/C29H35N5O3/c1-22-20-31-29-32-25-8-9-26(36-17-7-14-34-12-3-4-13-34)24(18-25)21-35-15-5-2-6-16-37-27-19-23(10-11-30-27)28(22)33-29/h2,5,8-11,18-20H,3-4,6-7,12-17,21H2,1H3,(H,31,32,33)/p+1/b5-2+. The predicted molar refractivity (Wildman–Crippen MR) is 143 cm³/mol. The lowest BCUT2D eigenvalue weighted by Crippen LogP contribution is -2.22. The van der Waals surface area contributed by atoms with Crippen LogP contribution < -0.4 is 19.8 Å². The first-order valence-electron chi connectivity index (χ1n) is 13.2. The van der Waals surface area contributed by atoms with Crippen molar-refractivity contribution in [3.05, 3.63) is 66.0 Å². The second-order valence-electron chi connectivity index (χ2n) is 9.49. The molecule has 3 aromatic rings. The Morgan fingerprint density at radius 3 is 2.97 bits per heavy atom. The van der Waals surface area contributed by atoms with Crippen molar-refractivity contribution in [2.24, 2.45) is 0 Å². The van der Waals surface area contributed by atoms with Gasteiger partial charge in [-0.15, -0.1) is 0 Å². The molecule has 8 nitrogen and oxygen atoms in total. The predicted octanol–water partition coefficient (Wildman–Crippen LogP) is 4.73. The number of benzene rings is 1. The molecule has 194 valence electrons. The molecule has 0 amide bonds. The number of ether oxygens (including phenoxy) is 3. The molecular formula is C29H36N5O3+. The number of hydrogen-bond acceptors (Lipinski definition) is 7. The summed E-state index contributed by atoms with van der Waals surface area (Å²) in [5.41, 5.74) is 4.71. The van der Waals surface area contributed by atoms with E-state index in [1.165, 1.54) is 25.9 Å². The van der Waals surface area contributed by atoms with E-state index in [0.29, 0.717) is 38.3 Å². The summed E-state index contributed by atoms with van der Waals surface area (Å²) >= 11 is 0. The molecular weight excluding hydrogens is 466 g/mol. The van der Waals surface area contributed by atoms with Gasteiger partial charge in [-0.2, -0.15) is 4.98 Å². The first kappa shape index (κ1) is 25.2. The van der Waals surface area contributed by atoms with Crippen LogP contribution in [0.1, 0.15) is 36.8 Å². The second-order valence-corrected chi connectivity index (χ2v) is 9.49. The molecule has 5 rings (SSSR count). The van der Waals surface area contributed by atoms with E-state index < -0.39 is 0 Å². The third kappa shape index (κ3) is 7.05. The van der Waals surface area contributed by atoms with Crippen LogP contribution >= 0.6 is 0 Å². The number of likely N-dealkylation sites (tertiary alicyclic amines) is 1. The molecule has 6 bridgehead atoms. The zero-order chi connectivity index (χ0) is 25.3. The normalized spacial score (nSPS) is 17.2. The number of pyridine rings is 1. The van der Waals surface area contributed by atoms with Gasteiger partial charge in [-0.05, 0) is 69.5 Å². The Labute approximate surface area is 218 Å². The maximum atomic E-state index is 6.19. The first-order chi connectivity index (χ1) is 18.2. The molecule has 1 aromatic carbocycles. The zero-order valence-electron chi connectivity index (χ0n) is 21.5. The molecule has 2 aliphatic rings. The Morgan fingerprint density at radius 2 is 2.05 bits per heavy atom. The Kier molecular flexibility index (Phi) is 8.61. The molecule has 0 spiro atoms. The van der Waals surface area contributed by atoms with Crippen LogP contribution in [0.3, 0.4) is 0 Å². The smallest absolute Gasteiger partial charge is 0.366 e.